The van der Waals surface area contributed by atoms with E-state index in [1.54, 1.807) is 44.6 Å². The molecule has 41 heavy (non-hydrogen) atoms. The van der Waals surface area contributed by atoms with Crippen molar-refractivity contribution in [2.24, 2.45) is 0 Å². The Hall–Kier alpha value is -1.40. The average molecular weight is 644 g/mol. The Morgan fingerprint density at radius 3 is 1.54 bits per heavy atom. The van der Waals surface area contributed by atoms with Crippen LogP contribution < -0.4 is 14.2 Å². The topological polar surface area (TPSA) is 44.8 Å². The Kier molecular flexibility index (Phi) is 18.6. The Morgan fingerprint density at radius 1 is 0.610 bits per heavy atom. The van der Waals surface area contributed by atoms with Crippen LogP contribution in [0.3, 0.4) is 0 Å². The Balaban J connectivity index is 1.42. The molecule has 0 N–H and O–H groups in total. The zero-order chi connectivity index (χ0) is 29.8. The maximum absolute atomic E-state index is 12.9. The van der Waals surface area contributed by atoms with E-state index in [9.17, 15) is 4.79 Å². The number of ketones is 1. The monoisotopic (exact) mass is 642 g/mol. The molecule has 0 aliphatic heterocycles. The maximum atomic E-state index is 12.9. The number of rotatable bonds is 24. The third-order valence-corrected chi connectivity index (χ3v) is 10.0. The fourth-order valence-electron chi connectivity index (χ4n) is 4.94. The molecule has 0 aliphatic carbocycles. The van der Waals surface area contributed by atoms with Crippen molar-refractivity contribution in [1.29, 1.82) is 0 Å². The average Bonchev–Trinajstić information content (AvgIpc) is 2.97. The summed E-state index contributed by atoms with van der Waals surface area (Å²) >= 11 is 17.8. The lowest BCUT2D eigenvalue weighted by Gasteiger charge is -2.10. The SMILES string of the molecule is COc1ccc(C(=O)c2ccc(OCCCCCCCCCCCCCCCCCC[Si](Cl)(Cl)Cl)cc2)c(OC)c1. The van der Waals surface area contributed by atoms with E-state index in [0.29, 0.717) is 29.2 Å². The molecule has 2 aromatic carbocycles. The number of halogens is 3. The third kappa shape index (κ3) is 16.1. The second-order valence-corrected chi connectivity index (χ2v) is 20.1. The minimum atomic E-state index is -2.40. The lowest BCUT2D eigenvalue weighted by Crippen LogP contribution is -2.07. The number of hydrogen-bond acceptors (Lipinski definition) is 4. The number of unbranched alkanes of at least 4 members (excludes halogenated alkanes) is 15. The molecule has 0 radical (unpaired) electrons. The molecule has 8 heteroatoms. The zero-order valence-electron chi connectivity index (χ0n) is 25.0. The van der Waals surface area contributed by atoms with Gasteiger partial charge in [-0.2, -0.15) is 0 Å². The first kappa shape index (κ1) is 35.8. The van der Waals surface area contributed by atoms with Crippen LogP contribution in [0.2, 0.25) is 6.04 Å². The van der Waals surface area contributed by atoms with Crippen molar-refractivity contribution in [3.05, 3.63) is 53.6 Å². The molecule has 0 aromatic heterocycles. The van der Waals surface area contributed by atoms with Gasteiger partial charge in [-0.15, -0.1) is 33.2 Å². The van der Waals surface area contributed by atoms with Gasteiger partial charge in [0.1, 0.15) is 17.2 Å². The van der Waals surface area contributed by atoms with Gasteiger partial charge in [0.15, 0.2) is 5.78 Å². The summed E-state index contributed by atoms with van der Waals surface area (Å²) in [5.74, 6) is 1.86. The standard InChI is InChI=1S/C33H49Cl3O4Si/c1-38-30-23-24-31(32(27-30)39-2)33(37)28-19-21-29(22-20-28)40-25-17-15-13-11-9-7-5-3-4-6-8-10-12-14-16-18-26-41(34,35)36/h19-24,27H,3-18,25-26H2,1-2H3. The molecule has 0 saturated carbocycles. The highest BCUT2D eigenvalue weighted by atomic mass is 35.8. The van der Waals surface area contributed by atoms with Crippen LogP contribution in [0.5, 0.6) is 17.2 Å². The molecule has 0 saturated heterocycles. The number of hydrogen-bond donors (Lipinski definition) is 0. The van der Waals surface area contributed by atoms with E-state index >= 15 is 0 Å². The quantitative estimate of drug-likeness (QED) is 0.0494. The molecule has 0 unspecified atom stereocenters. The Morgan fingerprint density at radius 2 is 1.07 bits per heavy atom. The first-order valence-corrected chi connectivity index (χ1v) is 20.6. The summed E-state index contributed by atoms with van der Waals surface area (Å²) in [5, 5.41) is 0. The summed E-state index contributed by atoms with van der Waals surface area (Å²) in [5.41, 5.74) is 1.11. The number of carbonyl (C=O) groups is 1. The van der Waals surface area contributed by atoms with Crippen LogP contribution in [0.15, 0.2) is 42.5 Å². The summed E-state index contributed by atoms with van der Waals surface area (Å²) < 4.78 is 16.5. The van der Waals surface area contributed by atoms with Crippen LogP contribution in [0.1, 0.15) is 119 Å². The molecular formula is C33H49Cl3O4Si. The smallest absolute Gasteiger partial charge is 0.341 e. The number of methoxy groups -OCH3 is 2. The van der Waals surface area contributed by atoms with Crippen LogP contribution in [0.4, 0.5) is 0 Å². The predicted molar refractivity (Wildman–Crippen MR) is 177 cm³/mol. The Bertz CT molecular complexity index is 979. The van der Waals surface area contributed by atoms with Crippen molar-refractivity contribution in [3.63, 3.8) is 0 Å². The van der Waals surface area contributed by atoms with Gasteiger partial charge in [-0.25, -0.2) is 0 Å². The molecule has 2 aromatic rings. The summed E-state index contributed by atoms with van der Waals surface area (Å²) in [6.45, 7) is 0.704. The lowest BCUT2D eigenvalue weighted by atomic mass is 10.0. The highest BCUT2D eigenvalue weighted by Crippen LogP contribution is 2.28. The summed E-state index contributed by atoms with van der Waals surface area (Å²) in [6, 6.07) is 11.0. The maximum Gasteiger partial charge on any atom is 0.341 e. The Labute approximate surface area is 263 Å². The molecule has 230 valence electrons. The van der Waals surface area contributed by atoms with Crippen LogP contribution in [-0.4, -0.2) is 32.6 Å². The van der Waals surface area contributed by atoms with Crippen molar-refractivity contribution < 1.29 is 19.0 Å². The van der Waals surface area contributed by atoms with Gasteiger partial charge >= 0.3 is 6.00 Å². The van der Waals surface area contributed by atoms with Crippen LogP contribution in [-0.2, 0) is 0 Å². The number of carbonyl (C=O) groups excluding carboxylic acids is 1. The van der Waals surface area contributed by atoms with Crippen molar-refractivity contribution in [3.8, 4) is 17.2 Å². The molecule has 0 amide bonds. The van der Waals surface area contributed by atoms with Crippen LogP contribution >= 0.6 is 33.2 Å². The second-order valence-electron chi connectivity index (χ2n) is 10.8. The zero-order valence-corrected chi connectivity index (χ0v) is 28.3. The molecule has 0 atom stereocenters. The molecule has 4 nitrogen and oxygen atoms in total. The van der Waals surface area contributed by atoms with Gasteiger partial charge in [0.05, 0.1) is 26.4 Å². The van der Waals surface area contributed by atoms with Gasteiger partial charge in [0, 0.05) is 11.6 Å². The van der Waals surface area contributed by atoms with E-state index in [2.05, 4.69) is 0 Å². The third-order valence-electron chi connectivity index (χ3n) is 7.39. The molecule has 0 spiro atoms. The molecular weight excluding hydrogens is 595 g/mol. The van der Waals surface area contributed by atoms with Gasteiger partial charge in [-0.1, -0.05) is 96.3 Å². The van der Waals surface area contributed by atoms with Gasteiger partial charge in [0.2, 0.25) is 0 Å². The summed E-state index contributed by atoms with van der Waals surface area (Å²) in [4.78, 5) is 12.9. The molecule has 0 bridgehead atoms. The summed E-state index contributed by atoms with van der Waals surface area (Å²) in [7, 11) is 3.14. The van der Waals surface area contributed by atoms with Crippen molar-refractivity contribution in [1.82, 2.24) is 0 Å². The predicted octanol–water partition coefficient (Wildman–Crippen LogP) is 11.2. The summed E-state index contributed by atoms with van der Waals surface area (Å²) in [6.07, 6.45) is 20.6. The van der Waals surface area contributed by atoms with E-state index in [1.165, 1.54) is 89.9 Å². The highest BCUT2D eigenvalue weighted by Gasteiger charge is 2.23. The molecule has 0 aliphatic rings. The van der Waals surface area contributed by atoms with E-state index in [4.69, 9.17) is 47.4 Å². The minimum absolute atomic E-state index is 0.0882. The van der Waals surface area contributed by atoms with E-state index in [-0.39, 0.29) is 5.78 Å². The first-order chi connectivity index (χ1) is 19.8. The highest BCUT2D eigenvalue weighted by molar-refractivity contribution is 7.64. The van der Waals surface area contributed by atoms with Gasteiger partial charge in [-0.05, 0) is 48.9 Å². The molecule has 0 heterocycles. The second kappa shape index (κ2) is 21.3. The van der Waals surface area contributed by atoms with Crippen LogP contribution in [0, 0.1) is 0 Å². The van der Waals surface area contributed by atoms with Crippen molar-refractivity contribution >= 4 is 45.0 Å². The van der Waals surface area contributed by atoms with E-state index < -0.39 is 6.00 Å². The van der Waals surface area contributed by atoms with Gasteiger partial charge < -0.3 is 14.2 Å². The van der Waals surface area contributed by atoms with Crippen molar-refractivity contribution in [2.75, 3.05) is 20.8 Å². The fraction of sp³-hybridized carbons (Fsp3) is 0.606. The molecule has 0 fully saturated rings. The van der Waals surface area contributed by atoms with Gasteiger partial charge in [0.25, 0.3) is 0 Å². The number of ether oxygens (including phenoxy) is 3. The lowest BCUT2D eigenvalue weighted by molar-refractivity contribution is 0.103. The van der Waals surface area contributed by atoms with Gasteiger partial charge in [-0.3, -0.25) is 4.79 Å². The minimum Gasteiger partial charge on any atom is -0.497 e. The number of benzene rings is 2. The van der Waals surface area contributed by atoms with E-state index in [1.807, 2.05) is 12.1 Å². The first-order valence-electron chi connectivity index (χ1n) is 15.4. The molecule has 2 rings (SSSR count). The normalized spacial score (nSPS) is 11.4. The largest absolute Gasteiger partial charge is 0.497 e. The van der Waals surface area contributed by atoms with E-state index in [0.717, 1.165) is 24.6 Å². The fourth-order valence-corrected chi connectivity index (χ4v) is 6.79. The van der Waals surface area contributed by atoms with Crippen molar-refractivity contribution in [2.45, 2.75) is 109 Å². The van der Waals surface area contributed by atoms with Crippen LogP contribution in [0.25, 0.3) is 0 Å².